The molecule has 1 aliphatic heterocycles. The molecule has 0 fully saturated rings. The number of halogens is 1. The van der Waals surface area contributed by atoms with Crippen molar-refractivity contribution in [3.05, 3.63) is 64.7 Å². The number of carbonyl (C=O) groups is 3. The smallest absolute Gasteiger partial charge is 0.411 e. The van der Waals surface area contributed by atoms with Gasteiger partial charge in [-0.1, -0.05) is 25.0 Å². The van der Waals surface area contributed by atoms with Crippen molar-refractivity contribution in [1.29, 1.82) is 0 Å². The van der Waals surface area contributed by atoms with Gasteiger partial charge in [0, 0.05) is 40.7 Å². The molecule has 11 heteroatoms. The molecule has 0 saturated carbocycles. The number of nitrogens with two attached hydrogens (primary N) is 1. The van der Waals surface area contributed by atoms with Gasteiger partial charge in [-0.05, 0) is 56.5 Å². The first-order valence-corrected chi connectivity index (χ1v) is 13.0. The maximum Gasteiger partial charge on any atom is 0.411 e. The van der Waals surface area contributed by atoms with E-state index in [0.29, 0.717) is 35.7 Å². The van der Waals surface area contributed by atoms with Crippen molar-refractivity contribution in [2.45, 2.75) is 45.6 Å². The molecule has 0 saturated heterocycles. The van der Waals surface area contributed by atoms with Crippen LogP contribution in [0, 0.1) is 12.7 Å². The van der Waals surface area contributed by atoms with Crippen LogP contribution in [-0.2, 0) is 9.53 Å². The fourth-order valence-corrected chi connectivity index (χ4v) is 4.63. The topological polar surface area (TPSA) is 151 Å². The standard InChI is InChI=1S/C29H33FN6O4/c1-16-8-10-19(17(2)37)20(25(16)30)12-13-24(38)34-22-7-5-4-6-14-32-23-15-18(33-29(39)40-3)9-11-21(23)26-27(31)36-28(22)35-26/h8-13,15,22,32H,4-7,14,31H2,1-3H3,(H,33,39)(H,34,38)(H,35,36)/b13-12+/t22-/m0/s1. The summed E-state index contributed by atoms with van der Waals surface area (Å²) in [6.07, 6.45) is 5.17. The van der Waals surface area contributed by atoms with E-state index in [1.165, 1.54) is 32.3 Å². The van der Waals surface area contributed by atoms with E-state index in [1.807, 2.05) is 6.07 Å². The first kappa shape index (κ1) is 28.3. The predicted molar refractivity (Wildman–Crippen MR) is 152 cm³/mol. The molecule has 0 aliphatic carbocycles. The maximum atomic E-state index is 14.8. The number of methoxy groups -OCH3 is 1. The third kappa shape index (κ3) is 6.48. The van der Waals surface area contributed by atoms with Crippen molar-refractivity contribution in [3.8, 4) is 11.3 Å². The minimum atomic E-state index is -0.577. The van der Waals surface area contributed by atoms with Crippen molar-refractivity contribution in [1.82, 2.24) is 15.3 Å². The normalized spacial score (nSPS) is 15.2. The minimum Gasteiger partial charge on any atom is -0.453 e. The van der Waals surface area contributed by atoms with Crippen LogP contribution in [0.1, 0.15) is 66.0 Å². The monoisotopic (exact) mass is 548 g/mol. The van der Waals surface area contributed by atoms with E-state index in [9.17, 15) is 18.8 Å². The molecule has 3 aromatic rings. The summed E-state index contributed by atoms with van der Waals surface area (Å²) in [6, 6.07) is 7.96. The Labute approximate surface area is 231 Å². The summed E-state index contributed by atoms with van der Waals surface area (Å²) in [5.74, 6) is -0.537. The van der Waals surface area contributed by atoms with Gasteiger partial charge in [0.25, 0.3) is 0 Å². The second kappa shape index (κ2) is 12.5. The number of aromatic amines is 1. The Bertz CT molecular complexity index is 1460. The molecule has 2 amide bonds. The van der Waals surface area contributed by atoms with Crippen LogP contribution in [0.15, 0.2) is 36.4 Å². The summed E-state index contributed by atoms with van der Waals surface area (Å²) in [6.45, 7) is 3.65. The number of hydrogen-bond donors (Lipinski definition) is 5. The highest BCUT2D eigenvalue weighted by Crippen LogP contribution is 2.35. The van der Waals surface area contributed by atoms with E-state index >= 15 is 0 Å². The van der Waals surface area contributed by atoms with Gasteiger partial charge in [0.2, 0.25) is 5.91 Å². The molecule has 1 atom stereocenters. The molecule has 10 nitrogen and oxygen atoms in total. The molecule has 1 aliphatic rings. The zero-order valence-electron chi connectivity index (χ0n) is 22.7. The van der Waals surface area contributed by atoms with Gasteiger partial charge in [-0.2, -0.15) is 0 Å². The second-order valence-electron chi connectivity index (χ2n) is 9.64. The molecule has 1 aromatic heterocycles. The van der Waals surface area contributed by atoms with Gasteiger partial charge in [0.1, 0.15) is 17.5 Å². The molecule has 2 heterocycles. The van der Waals surface area contributed by atoms with Crippen molar-refractivity contribution in [2.75, 3.05) is 30.0 Å². The maximum absolute atomic E-state index is 14.8. The molecular formula is C29H33FN6O4. The van der Waals surface area contributed by atoms with Gasteiger partial charge in [0.05, 0.1) is 18.8 Å². The molecule has 0 spiro atoms. The summed E-state index contributed by atoms with van der Waals surface area (Å²) in [4.78, 5) is 44.4. The number of benzene rings is 2. The molecule has 2 aromatic carbocycles. The average molecular weight is 549 g/mol. The lowest BCUT2D eigenvalue weighted by atomic mass is 10.00. The van der Waals surface area contributed by atoms with Gasteiger partial charge < -0.3 is 26.1 Å². The van der Waals surface area contributed by atoms with Crippen LogP contribution in [0.5, 0.6) is 0 Å². The van der Waals surface area contributed by atoms with Crippen LogP contribution in [0.2, 0.25) is 0 Å². The number of nitrogen functional groups attached to an aromatic ring is 1. The van der Waals surface area contributed by atoms with Crippen LogP contribution >= 0.6 is 0 Å². The summed E-state index contributed by atoms with van der Waals surface area (Å²) in [5, 5.41) is 9.01. The Hall–Kier alpha value is -4.67. The third-order valence-corrected chi connectivity index (χ3v) is 6.76. The SMILES string of the molecule is COC(=O)Nc1ccc2c(c1)NCCCCC[C@H](NC(=O)/C=C/c1c(C(C)=O)ccc(C)c1F)c1nc(N)c-2[nH]1. The summed E-state index contributed by atoms with van der Waals surface area (Å²) in [5.41, 5.74) is 9.61. The van der Waals surface area contributed by atoms with Crippen LogP contribution < -0.4 is 21.7 Å². The molecular weight excluding hydrogens is 515 g/mol. The van der Waals surface area contributed by atoms with Crippen LogP contribution in [0.3, 0.4) is 0 Å². The van der Waals surface area contributed by atoms with Crippen molar-refractivity contribution in [2.24, 2.45) is 0 Å². The number of ketones is 1. The minimum absolute atomic E-state index is 0.0797. The molecule has 2 bridgehead atoms. The highest BCUT2D eigenvalue weighted by atomic mass is 19.1. The number of imidazole rings is 1. The van der Waals surface area contributed by atoms with Crippen molar-refractivity contribution in [3.63, 3.8) is 0 Å². The van der Waals surface area contributed by atoms with Gasteiger partial charge in [-0.25, -0.2) is 14.2 Å². The van der Waals surface area contributed by atoms with E-state index in [4.69, 9.17) is 5.73 Å². The van der Waals surface area contributed by atoms with Crippen molar-refractivity contribution >= 4 is 41.1 Å². The van der Waals surface area contributed by atoms with Gasteiger partial charge >= 0.3 is 6.09 Å². The number of carbonyl (C=O) groups excluding carboxylic acids is 3. The zero-order valence-corrected chi connectivity index (χ0v) is 22.7. The first-order valence-electron chi connectivity index (χ1n) is 13.0. The van der Waals surface area contributed by atoms with Crippen LogP contribution in [0.25, 0.3) is 17.3 Å². The van der Waals surface area contributed by atoms with E-state index in [-0.39, 0.29) is 22.7 Å². The number of ether oxygens (including phenoxy) is 1. The number of anilines is 3. The number of aryl methyl sites for hydroxylation is 1. The fraction of sp³-hybridized carbons (Fsp3) is 0.310. The number of nitrogens with zero attached hydrogens (tertiary/aromatic N) is 1. The number of Topliss-reactive ketones (excluding diaryl/α,β-unsaturated/α-hetero) is 1. The van der Waals surface area contributed by atoms with Gasteiger partial charge in [-0.3, -0.25) is 14.9 Å². The number of H-pyrrole nitrogens is 1. The fourth-order valence-electron chi connectivity index (χ4n) is 4.63. The molecule has 210 valence electrons. The lowest BCUT2D eigenvalue weighted by molar-refractivity contribution is -0.117. The van der Waals surface area contributed by atoms with E-state index in [0.717, 1.165) is 30.5 Å². The Kier molecular flexibility index (Phi) is 8.83. The lowest BCUT2D eigenvalue weighted by Gasteiger charge is -2.18. The predicted octanol–water partition coefficient (Wildman–Crippen LogP) is 5.34. The Balaban J connectivity index is 1.62. The van der Waals surface area contributed by atoms with Gasteiger partial charge in [-0.15, -0.1) is 0 Å². The Morgan fingerprint density at radius 1 is 1.18 bits per heavy atom. The second-order valence-corrected chi connectivity index (χ2v) is 9.64. The first-order chi connectivity index (χ1) is 19.2. The molecule has 6 N–H and O–H groups in total. The van der Waals surface area contributed by atoms with Crippen LogP contribution in [0.4, 0.5) is 26.4 Å². The van der Waals surface area contributed by atoms with Crippen molar-refractivity contribution < 1.29 is 23.5 Å². The largest absolute Gasteiger partial charge is 0.453 e. The average Bonchev–Trinajstić information content (AvgIpc) is 3.31. The quantitative estimate of drug-likeness (QED) is 0.213. The highest BCUT2D eigenvalue weighted by molar-refractivity contribution is 6.00. The number of fused-ring (bicyclic) bond motifs is 4. The molecule has 4 rings (SSSR count). The van der Waals surface area contributed by atoms with Crippen LogP contribution in [-0.4, -0.2) is 41.4 Å². The van der Waals surface area contributed by atoms with Gasteiger partial charge in [0.15, 0.2) is 5.78 Å². The summed E-state index contributed by atoms with van der Waals surface area (Å²) < 4.78 is 19.4. The number of nitrogens with one attached hydrogen (secondary N) is 4. The number of rotatable bonds is 5. The Morgan fingerprint density at radius 3 is 2.73 bits per heavy atom. The number of aromatic nitrogens is 2. The lowest BCUT2D eigenvalue weighted by Crippen LogP contribution is -2.28. The summed E-state index contributed by atoms with van der Waals surface area (Å²) in [7, 11) is 1.30. The highest BCUT2D eigenvalue weighted by Gasteiger charge is 2.22. The van der Waals surface area contributed by atoms with E-state index in [1.54, 1.807) is 25.1 Å². The number of amides is 2. The molecule has 0 unspecified atom stereocenters. The Morgan fingerprint density at radius 2 is 1.98 bits per heavy atom. The van der Waals surface area contributed by atoms with E-state index < -0.39 is 23.9 Å². The number of hydrogen-bond acceptors (Lipinski definition) is 7. The third-order valence-electron chi connectivity index (χ3n) is 6.76. The zero-order chi connectivity index (χ0) is 28.8. The van der Waals surface area contributed by atoms with E-state index in [2.05, 4.69) is 30.7 Å². The molecule has 40 heavy (non-hydrogen) atoms. The summed E-state index contributed by atoms with van der Waals surface area (Å²) >= 11 is 0. The molecule has 0 radical (unpaired) electrons.